The first-order valence-corrected chi connectivity index (χ1v) is 6.64. The normalized spacial score (nSPS) is 15.0. The first-order valence-electron chi connectivity index (χ1n) is 5.85. The summed E-state index contributed by atoms with van der Waals surface area (Å²) in [6, 6.07) is 0.152. The van der Waals surface area contributed by atoms with Crippen molar-refractivity contribution in [2.75, 3.05) is 6.54 Å². The third kappa shape index (κ3) is 2.60. The zero-order chi connectivity index (χ0) is 13.2. The van der Waals surface area contributed by atoms with Gasteiger partial charge in [-0.15, -0.1) is 0 Å². The summed E-state index contributed by atoms with van der Waals surface area (Å²) in [5.41, 5.74) is 5.84. The van der Waals surface area contributed by atoms with Gasteiger partial charge in [0.1, 0.15) is 5.69 Å². The van der Waals surface area contributed by atoms with Gasteiger partial charge in [-0.1, -0.05) is 13.8 Å². The monoisotopic (exact) mass is 301 g/mol. The maximum absolute atomic E-state index is 12.6. The molecule has 1 atom stereocenters. The molecule has 0 aliphatic rings. The molecule has 1 aromatic rings. The summed E-state index contributed by atoms with van der Waals surface area (Å²) in [5.74, 6) is 0.0561. The molecule has 2 N–H and O–H groups in total. The lowest BCUT2D eigenvalue weighted by atomic mass is 9.81. The molecule has 1 rings (SSSR count). The van der Waals surface area contributed by atoms with E-state index in [0.717, 1.165) is 10.9 Å². The standard InChI is InChI=1S/C12H20BrN3O/c1-5-12(4,7-14)11(17)10-9(13)6-15-16(10)8(2)3/h6,8H,5,7,14H2,1-4H3. The Morgan fingerprint density at radius 1 is 1.65 bits per heavy atom. The topological polar surface area (TPSA) is 60.9 Å². The van der Waals surface area contributed by atoms with Crippen LogP contribution in [0.1, 0.15) is 50.6 Å². The molecule has 0 bridgehead atoms. The highest BCUT2D eigenvalue weighted by atomic mass is 79.9. The van der Waals surface area contributed by atoms with Crippen LogP contribution in [-0.2, 0) is 0 Å². The van der Waals surface area contributed by atoms with Crippen LogP contribution in [0, 0.1) is 5.41 Å². The summed E-state index contributed by atoms with van der Waals surface area (Å²) in [5, 5.41) is 4.23. The van der Waals surface area contributed by atoms with Crippen LogP contribution >= 0.6 is 15.9 Å². The predicted molar refractivity (Wildman–Crippen MR) is 72.1 cm³/mol. The van der Waals surface area contributed by atoms with Crippen molar-refractivity contribution in [1.82, 2.24) is 9.78 Å². The first kappa shape index (κ1) is 14.4. The summed E-state index contributed by atoms with van der Waals surface area (Å²) < 4.78 is 2.49. The molecular formula is C12H20BrN3O. The van der Waals surface area contributed by atoms with E-state index in [1.54, 1.807) is 10.9 Å². The average Bonchev–Trinajstić information content (AvgIpc) is 2.69. The van der Waals surface area contributed by atoms with Gasteiger partial charge in [0, 0.05) is 18.0 Å². The maximum atomic E-state index is 12.6. The van der Waals surface area contributed by atoms with Gasteiger partial charge in [-0.25, -0.2) is 0 Å². The lowest BCUT2D eigenvalue weighted by Crippen LogP contribution is -2.36. The van der Waals surface area contributed by atoms with Crippen LogP contribution in [0.5, 0.6) is 0 Å². The Kier molecular flexibility index (Phi) is 4.49. The minimum absolute atomic E-state index is 0.0561. The Morgan fingerprint density at radius 2 is 2.24 bits per heavy atom. The molecule has 0 aliphatic carbocycles. The molecule has 0 radical (unpaired) electrons. The van der Waals surface area contributed by atoms with Crippen molar-refractivity contribution in [2.24, 2.45) is 11.1 Å². The van der Waals surface area contributed by atoms with Crippen LogP contribution in [-0.4, -0.2) is 22.1 Å². The van der Waals surface area contributed by atoms with E-state index in [0.29, 0.717) is 12.2 Å². The average molecular weight is 302 g/mol. The molecular weight excluding hydrogens is 282 g/mol. The van der Waals surface area contributed by atoms with Crippen LogP contribution in [0.4, 0.5) is 0 Å². The van der Waals surface area contributed by atoms with Crippen molar-refractivity contribution in [3.05, 3.63) is 16.4 Å². The van der Waals surface area contributed by atoms with Crippen LogP contribution in [0.2, 0.25) is 0 Å². The molecule has 5 heteroatoms. The van der Waals surface area contributed by atoms with E-state index in [2.05, 4.69) is 21.0 Å². The predicted octanol–water partition coefficient (Wildman–Crippen LogP) is 2.78. The number of hydrogen-bond acceptors (Lipinski definition) is 3. The van der Waals surface area contributed by atoms with Gasteiger partial charge in [0.25, 0.3) is 0 Å². The van der Waals surface area contributed by atoms with Crippen molar-refractivity contribution in [3.8, 4) is 0 Å². The molecule has 1 unspecified atom stereocenters. The third-order valence-corrected chi connectivity index (χ3v) is 3.81. The second kappa shape index (κ2) is 5.31. The first-order chi connectivity index (χ1) is 7.87. The van der Waals surface area contributed by atoms with Gasteiger partial charge in [-0.3, -0.25) is 9.48 Å². The smallest absolute Gasteiger partial charge is 0.189 e. The highest BCUT2D eigenvalue weighted by Gasteiger charge is 2.34. The Morgan fingerprint density at radius 3 is 2.65 bits per heavy atom. The summed E-state index contributed by atoms with van der Waals surface area (Å²) in [4.78, 5) is 12.6. The molecule has 0 aliphatic heterocycles. The van der Waals surface area contributed by atoms with Gasteiger partial charge in [0.15, 0.2) is 5.78 Å². The molecule has 4 nitrogen and oxygen atoms in total. The highest BCUT2D eigenvalue weighted by Crippen LogP contribution is 2.30. The fraction of sp³-hybridized carbons (Fsp3) is 0.667. The van der Waals surface area contributed by atoms with Crippen LogP contribution in [0.25, 0.3) is 0 Å². The number of nitrogens with zero attached hydrogens (tertiary/aromatic N) is 2. The van der Waals surface area contributed by atoms with Crippen LogP contribution < -0.4 is 5.73 Å². The lowest BCUT2D eigenvalue weighted by Gasteiger charge is -2.25. The Bertz CT molecular complexity index is 408. The molecule has 0 fully saturated rings. The zero-order valence-corrected chi connectivity index (χ0v) is 12.4. The van der Waals surface area contributed by atoms with Crippen molar-refractivity contribution in [3.63, 3.8) is 0 Å². The van der Waals surface area contributed by atoms with Crippen molar-refractivity contribution in [1.29, 1.82) is 0 Å². The fourth-order valence-electron chi connectivity index (χ4n) is 1.63. The van der Waals surface area contributed by atoms with E-state index < -0.39 is 5.41 Å². The largest absolute Gasteiger partial charge is 0.329 e. The summed E-state index contributed by atoms with van der Waals surface area (Å²) in [7, 11) is 0. The van der Waals surface area contributed by atoms with Crippen molar-refractivity contribution in [2.45, 2.75) is 40.2 Å². The van der Waals surface area contributed by atoms with Gasteiger partial charge in [-0.05, 0) is 36.2 Å². The summed E-state index contributed by atoms with van der Waals surface area (Å²) in [6.07, 6.45) is 2.39. The number of nitrogens with two attached hydrogens (primary N) is 1. The van der Waals surface area contributed by atoms with Crippen molar-refractivity contribution < 1.29 is 4.79 Å². The van der Waals surface area contributed by atoms with E-state index in [9.17, 15) is 4.79 Å². The lowest BCUT2D eigenvalue weighted by molar-refractivity contribution is 0.0805. The minimum Gasteiger partial charge on any atom is -0.329 e. The summed E-state index contributed by atoms with van der Waals surface area (Å²) in [6.45, 7) is 8.23. The number of rotatable bonds is 5. The van der Waals surface area contributed by atoms with Gasteiger partial charge in [0.05, 0.1) is 10.7 Å². The fourth-order valence-corrected chi connectivity index (χ4v) is 2.08. The third-order valence-electron chi connectivity index (χ3n) is 3.23. The van der Waals surface area contributed by atoms with Gasteiger partial charge in [0.2, 0.25) is 0 Å². The molecule has 0 saturated carbocycles. The molecule has 0 amide bonds. The van der Waals surface area contributed by atoms with Gasteiger partial charge in [-0.2, -0.15) is 5.10 Å². The zero-order valence-electron chi connectivity index (χ0n) is 10.8. The number of halogens is 1. The number of carbonyl (C=O) groups is 1. The molecule has 0 aromatic carbocycles. The van der Waals surface area contributed by atoms with Gasteiger partial charge < -0.3 is 5.73 Å². The second-order valence-corrected chi connectivity index (χ2v) is 5.68. The molecule has 0 spiro atoms. The summed E-state index contributed by atoms with van der Waals surface area (Å²) >= 11 is 3.39. The number of hydrogen-bond donors (Lipinski definition) is 1. The van der Waals surface area contributed by atoms with E-state index in [1.165, 1.54) is 0 Å². The Labute approximate surface area is 111 Å². The van der Waals surface area contributed by atoms with Crippen LogP contribution in [0.3, 0.4) is 0 Å². The van der Waals surface area contributed by atoms with Gasteiger partial charge >= 0.3 is 0 Å². The number of ketones is 1. The van der Waals surface area contributed by atoms with Crippen molar-refractivity contribution >= 4 is 21.7 Å². The SMILES string of the molecule is CCC(C)(CN)C(=O)c1c(Br)cnn1C(C)C. The molecule has 1 heterocycles. The Balaban J connectivity index is 3.24. The van der Waals surface area contributed by atoms with E-state index in [4.69, 9.17) is 5.73 Å². The van der Waals surface area contributed by atoms with E-state index in [1.807, 2.05) is 27.7 Å². The molecule has 96 valence electrons. The molecule has 17 heavy (non-hydrogen) atoms. The minimum atomic E-state index is -0.519. The highest BCUT2D eigenvalue weighted by molar-refractivity contribution is 9.10. The van der Waals surface area contributed by atoms with Crippen LogP contribution in [0.15, 0.2) is 10.7 Å². The number of aromatic nitrogens is 2. The second-order valence-electron chi connectivity index (χ2n) is 4.83. The number of Topliss-reactive ketones (excluding diaryl/α,β-unsaturated/α-hetero) is 1. The molecule has 1 aromatic heterocycles. The quantitative estimate of drug-likeness (QED) is 0.851. The number of carbonyl (C=O) groups excluding carboxylic acids is 1. The van der Waals surface area contributed by atoms with E-state index >= 15 is 0 Å². The molecule has 0 saturated heterocycles. The Hall–Kier alpha value is -0.680. The van der Waals surface area contributed by atoms with E-state index in [-0.39, 0.29) is 11.8 Å². The maximum Gasteiger partial charge on any atom is 0.189 e.